The van der Waals surface area contributed by atoms with Gasteiger partial charge in [0.15, 0.2) is 0 Å². The molecule has 2 fully saturated rings. The standard InChI is InChI=1S/C21H23N3OS/c1-16(25)24(14-18-6-11-26-15-18)20-12-21(20)7-9-23(10-8-21)19-4-2-17(13-22)3-5-19/h2-6,11,15,20H,7-10,12,14H2,1H3. The van der Waals surface area contributed by atoms with Gasteiger partial charge in [-0.25, -0.2) is 0 Å². The molecule has 26 heavy (non-hydrogen) atoms. The first kappa shape index (κ1) is 17.1. The fourth-order valence-corrected chi connectivity index (χ4v) is 4.94. The topological polar surface area (TPSA) is 47.3 Å². The smallest absolute Gasteiger partial charge is 0.220 e. The summed E-state index contributed by atoms with van der Waals surface area (Å²) in [6.45, 7) is 4.48. The van der Waals surface area contributed by atoms with E-state index in [2.05, 4.69) is 32.7 Å². The molecule has 2 aliphatic rings. The summed E-state index contributed by atoms with van der Waals surface area (Å²) in [6.07, 6.45) is 3.40. The Bertz CT molecular complexity index is 814. The number of piperidine rings is 1. The van der Waals surface area contributed by atoms with E-state index in [0.717, 1.165) is 38.9 Å². The molecule has 2 aromatic rings. The van der Waals surface area contributed by atoms with Crippen LogP contribution in [0.5, 0.6) is 0 Å². The average molecular weight is 366 g/mol. The van der Waals surface area contributed by atoms with E-state index in [9.17, 15) is 4.79 Å². The Hall–Kier alpha value is -2.32. The Balaban J connectivity index is 1.39. The van der Waals surface area contributed by atoms with E-state index in [1.165, 1.54) is 11.3 Å². The van der Waals surface area contributed by atoms with Crippen molar-refractivity contribution in [3.05, 3.63) is 52.2 Å². The minimum atomic E-state index is 0.188. The number of anilines is 1. The maximum Gasteiger partial charge on any atom is 0.220 e. The molecule has 134 valence electrons. The van der Waals surface area contributed by atoms with Crippen LogP contribution in [-0.2, 0) is 11.3 Å². The van der Waals surface area contributed by atoms with Crippen LogP contribution < -0.4 is 4.90 Å². The van der Waals surface area contributed by atoms with Gasteiger partial charge < -0.3 is 9.80 Å². The van der Waals surface area contributed by atoms with Crippen molar-refractivity contribution in [2.45, 2.75) is 38.8 Å². The van der Waals surface area contributed by atoms with Gasteiger partial charge in [0.1, 0.15) is 0 Å². The van der Waals surface area contributed by atoms with Crippen molar-refractivity contribution >= 4 is 22.9 Å². The zero-order valence-electron chi connectivity index (χ0n) is 15.0. The minimum absolute atomic E-state index is 0.188. The zero-order valence-corrected chi connectivity index (χ0v) is 15.8. The van der Waals surface area contributed by atoms with Crippen molar-refractivity contribution < 1.29 is 4.79 Å². The Morgan fingerprint density at radius 3 is 2.62 bits per heavy atom. The first-order chi connectivity index (χ1) is 12.6. The molecular weight excluding hydrogens is 342 g/mol. The van der Waals surface area contributed by atoms with Crippen LogP contribution in [0.15, 0.2) is 41.1 Å². The predicted octanol–water partition coefficient (Wildman–Crippen LogP) is 4.03. The van der Waals surface area contributed by atoms with Gasteiger partial charge in [-0.15, -0.1) is 0 Å². The number of carbonyl (C=O) groups excluding carboxylic acids is 1. The number of amides is 1. The number of hydrogen-bond acceptors (Lipinski definition) is 4. The lowest BCUT2D eigenvalue weighted by molar-refractivity contribution is -0.130. The third kappa shape index (κ3) is 3.22. The second-order valence-electron chi connectivity index (χ2n) is 7.51. The number of nitriles is 1. The maximum atomic E-state index is 12.2. The van der Waals surface area contributed by atoms with Crippen molar-refractivity contribution in [3.8, 4) is 6.07 Å². The molecule has 0 bridgehead atoms. The van der Waals surface area contributed by atoms with E-state index < -0.39 is 0 Å². The van der Waals surface area contributed by atoms with Crippen molar-refractivity contribution in [1.82, 2.24) is 4.90 Å². The number of carbonyl (C=O) groups is 1. The van der Waals surface area contributed by atoms with Gasteiger partial charge in [0.2, 0.25) is 5.91 Å². The summed E-state index contributed by atoms with van der Waals surface area (Å²) >= 11 is 1.69. The second-order valence-corrected chi connectivity index (χ2v) is 8.29. The number of nitrogens with zero attached hydrogens (tertiary/aromatic N) is 3. The molecule has 4 nitrogen and oxygen atoms in total. The van der Waals surface area contributed by atoms with Crippen LogP contribution in [0.3, 0.4) is 0 Å². The first-order valence-electron chi connectivity index (χ1n) is 9.15. The molecule has 1 aliphatic carbocycles. The monoisotopic (exact) mass is 365 g/mol. The fraction of sp³-hybridized carbons (Fsp3) is 0.429. The molecule has 2 heterocycles. The Morgan fingerprint density at radius 1 is 1.31 bits per heavy atom. The molecule has 1 unspecified atom stereocenters. The van der Waals surface area contributed by atoms with Gasteiger partial charge in [-0.2, -0.15) is 16.6 Å². The minimum Gasteiger partial charge on any atom is -0.371 e. The van der Waals surface area contributed by atoms with Gasteiger partial charge in [0.25, 0.3) is 0 Å². The van der Waals surface area contributed by atoms with Crippen LogP contribution in [0, 0.1) is 16.7 Å². The lowest BCUT2D eigenvalue weighted by Gasteiger charge is -2.36. The molecule has 0 N–H and O–H groups in total. The Kier molecular flexibility index (Phi) is 4.46. The summed E-state index contributed by atoms with van der Waals surface area (Å²) in [4.78, 5) is 16.7. The molecule has 1 spiro atoms. The molecule has 4 rings (SSSR count). The summed E-state index contributed by atoms with van der Waals surface area (Å²) in [6, 6.07) is 12.5. The van der Waals surface area contributed by atoms with Crippen molar-refractivity contribution in [3.63, 3.8) is 0 Å². The van der Waals surface area contributed by atoms with Crippen LogP contribution in [0.25, 0.3) is 0 Å². The van der Waals surface area contributed by atoms with E-state index in [1.807, 2.05) is 24.3 Å². The van der Waals surface area contributed by atoms with Crippen LogP contribution in [0.4, 0.5) is 5.69 Å². The van der Waals surface area contributed by atoms with Crippen molar-refractivity contribution in [2.75, 3.05) is 18.0 Å². The molecular formula is C21H23N3OS. The van der Waals surface area contributed by atoms with Gasteiger partial charge in [-0.1, -0.05) is 0 Å². The lowest BCUT2D eigenvalue weighted by atomic mass is 9.91. The molecule has 1 amide bonds. The summed E-state index contributed by atoms with van der Waals surface area (Å²) in [5.41, 5.74) is 3.44. The predicted molar refractivity (Wildman–Crippen MR) is 104 cm³/mol. The largest absolute Gasteiger partial charge is 0.371 e. The number of hydrogen-bond donors (Lipinski definition) is 0. The van der Waals surface area contributed by atoms with E-state index >= 15 is 0 Å². The second kappa shape index (κ2) is 6.77. The van der Waals surface area contributed by atoms with E-state index in [4.69, 9.17) is 5.26 Å². The first-order valence-corrected chi connectivity index (χ1v) is 10.1. The van der Waals surface area contributed by atoms with Gasteiger partial charge >= 0.3 is 0 Å². The zero-order chi connectivity index (χ0) is 18.1. The Labute approximate surface area is 158 Å². The highest BCUT2D eigenvalue weighted by Crippen LogP contribution is 2.57. The molecule has 1 aliphatic heterocycles. The summed E-state index contributed by atoms with van der Waals surface area (Å²) in [5, 5.41) is 13.2. The highest BCUT2D eigenvalue weighted by atomic mass is 32.1. The normalized spacial score (nSPS) is 20.6. The van der Waals surface area contributed by atoms with Crippen LogP contribution >= 0.6 is 11.3 Å². The van der Waals surface area contributed by atoms with E-state index in [1.54, 1.807) is 18.3 Å². The van der Waals surface area contributed by atoms with Crippen LogP contribution in [0.2, 0.25) is 0 Å². The summed E-state index contributed by atoms with van der Waals surface area (Å²) < 4.78 is 0. The SMILES string of the molecule is CC(=O)N(Cc1ccsc1)C1CC12CCN(c1ccc(C#N)cc1)CC2. The molecule has 1 saturated heterocycles. The molecule has 1 atom stereocenters. The Morgan fingerprint density at radius 2 is 2.04 bits per heavy atom. The molecule has 1 saturated carbocycles. The van der Waals surface area contributed by atoms with Gasteiger partial charge in [-0.3, -0.25) is 4.79 Å². The molecule has 0 radical (unpaired) electrons. The average Bonchev–Trinajstić information content (AvgIpc) is 3.09. The number of thiophene rings is 1. The number of benzene rings is 1. The third-order valence-electron chi connectivity index (χ3n) is 5.98. The quantitative estimate of drug-likeness (QED) is 0.822. The molecule has 1 aromatic carbocycles. The van der Waals surface area contributed by atoms with Gasteiger partial charge in [0, 0.05) is 38.3 Å². The summed E-state index contributed by atoms with van der Waals surface area (Å²) in [7, 11) is 0. The maximum absolute atomic E-state index is 12.2. The van der Waals surface area contributed by atoms with Crippen molar-refractivity contribution in [1.29, 1.82) is 5.26 Å². The van der Waals surface area contributed by atoms with E-state index in [0.29, 0.717) is 17.0 Å². The highest BCUT2D eigenvalue weighted by Gasteiger charge is 2.58. The number of rotatable bonds is 4. The van der Waals surface area contributed by atoms with E-state index in [-0.39, 0.29) is 5.91 Å². The molecule has 5 heteroatoms. The van der Waals surface area contributed by atoms with Gasteiger partial charge in [0.05, 0.1) is 11.6 Å². The van der Waals surface area contributed by atoms with Gasteiger partial charge in [-0.05, 0) is 71.3 Å². The molecule has 1 aromatic heterocycles. The fourth-order valence-electron chi connectivity index (χ4n) is 4.28. The lowest BCUT2D eigenvalue weighted by Crippen LogP contribution is -2.40. The highest BCUT2D eigenvalue weighted by molar-refractivity contribution is 7.07. The van der Waals surface area contributed by atoms with Crippen LogP contribution in [0.1, 0.15) is 37.3 Å². The summed E-state index contributed by atoms with van der Waals surface area (Å²) in [5.74, 6) is 0.188. The van der Waals surface area contributed by atoms with Crippen molar-refractivity contribution in [2.24, 2.45) is 5.41 Å². The van der Waals surface area contributed by atoms with Crippen LogP contribution in [-0.4, -0.2) is 29.9 Å². The third-order valence-corrected chi connectivity index (χ3v) is 6.71.